The summed E-state index contributed by atoms with van der Waals surface area (Å²) in [6.45, 7) is 1.81. The Balaban J connectivity index is 3.06. The number of aromatic hydroxyl groups is 1. The second-order valence-corrected chi connectivity index (χ2v) is 2.89. The molecule has 0 aliphatic carbocycles. The van der Waals surface area contributed by atoms with E-state index in [1.54, 1.807) is 6.92 Å². The van der Waals surface area contributed by atoms with E-state index in [1.807, 2.05) is 0 Å². The minimum atomic E-state index is -0.852. The molecule has 1 N–H and O–H groups in total. The third-order valence-electron chi connectivity index (χ3n) is 1.52. The summed E-state index contributed by atoms with van der Waals surface area (Å²) in [7, 11) is 0. The van der Waals surface area contributed by atoms with Gasteiger partial charge in [-0.3, -0.25) is 0 Å². The first-order chi connectivity index (χ1) is 6.56. The molecule has 0 atom stereocenters. The summed E-state index contributed by atoms with van der Waals surface area (Å²) in [6.07, 6.45) is 0. The van der Waals surface area contributed by atoms with Crippen LogP contribution in [-0.4, -0.2) is 17.7 Å². The number of carbonyl (C=O) groups excluding carboxylic acids is 1. The van der Waals surface area contributed by atoms with Crippen molar-refractivity contribution >= 4 is 17.6 Å². The van der Waals surface area contributed by atoms with Crippen molar-refractivity contribution in [3.63, 3.8) is 0 Å². The zero-order chi connectivity index (χ0) is 10.7. The van der Waals surface area contributed by atoms with Crippen LogP contribution in [0.3, 0.4) is 0 Å². The predicted molar refractivity (Wildman–Crippen MR) is 49.0 cm³/mol. The Morgan fingerprint density at radius 3 is 2.79 bits per heavy atom. The molecule has 0 fully saturated rings. The van der Waals surface area contributed by atoms with Crippen LogP contribution in [0.4, 0.5) is 4.39 Å². The molecule has 76 valence electrons. The van der Waals surface area contributed by atoms with Crippen LogP contribution < -0.4 is 0 Å². The van der Waals surface area contributed by atoms with E-state index >= 15 is 0 Å². The van der Waals surface area contributed by atoms with Crippen LogP contribution in [0.15, 0.2) is 12.1 Å². The number of halogens is 2. The van der Waals surface area contributed by atoms with Crippen LogP contribution in [0.25, 0.3) is 0 Å². The lowest BCUT2D eigenvalue weighted by molar-refractivity contribution is 0.0525. The van der Waals surface area contributed by atoms with Gasteiger partial charge in [0, 0.05) is 0 Å². The molecule has 0 saturated carbocycles. The molecule has 0 aliphatic heterocycles. The smallest absolute Gasteiger partial charge is 0.338 e. The Morgan fingerprint density at radius 1 is 1.64 bits per heavy atom. The molecule has 0 bridgehead atoms. The summed E-state index contributed by atoms with van der Waals surface area (Å²) in [5.74, 6) is -2.03. The molecule has 0 aliphatic rings. The number of phenols is 1. The summed E-state index contributed by atoms with van der Waals surface area (Å²) in [4.78, 5) is 11.1. The molecular formula is C9H8ClFO3. The molecule has 0 aromatic heterocycles. The van der Waals surface area contributed by atoms with E-state index in [1.165, 1.54) is 0 Å². The summed E-state index contributed by atoms with van der Waals surface area (Å²) in [5.41, 5.74) is -0.0637. The van der Waals surface area contributed by atoms with Gasteiger partial charge in [0.15, 0.2) is 0 Å². The van der Waals surface area contributed by atoms with Crippen molar-refractivity contribution in [1.82, 2.24) is 0 Å². The molecular weight excluding hydrogens is 211 g/mol. The molecule has 0 radical (unpaired) electrons. The Bertz CT molecular complexity index is 342. The molecule has 14 heavy (non-hydrogen) atoms. The number of benzene rings is 1. The number of rotatable bonds is 2. The monoisotopic (exact) mass is 218 g/mol. The average molecular weight is 219 g/mol. The maximum atomic E-state index is 12.9. The molecule has 0 amide bonds. The fraction of sp³-hybridized carbons (Fsp3) is 0.222. The van der Waals surface area contributed by atoms with Crippen molar-refractivity contribution in [1.29, 1.82) is 0 Å². The molecule has 5 heteroatoms. The standard InChI is InChI=1S/C9H8ClFO3/c1-2-14-9(13)5-3-6(11)8(10)7(12)4-5/h3-4,12H,2H2,1H3. The average Bonchev–Trinajstić information content (AvgIpc) is 2.13. The number of ether oxygens (including phenoxy) is 1. The number of esters is 1. The van der Waals surface area contributed by atoms with E-state index in [9.17, 15) is 9.18 Å². The van der Waals surface area contributed by atoms with Gasteiger partial charge in [-0.2, -0.15) is 0 Å². The van der Waals surface area contributed by atoms with Gasteiger partial charge in [0.05, 0.1) is 12.2 Å². The molecule has 1 rings (SSSR count). The molecule has 1 aromatic rings. The lowest BCUT2D eigenvalue weighted by Gasteiger charge is -2.04. The van der Waals surface area contributed by atoms with Crippen LogP contribution in [0.5, 0.6) is 5.75 Å². The van der Waals surface area contributed by atoms with Gasteiger partial charge in [0.2, 0.25) is 0 Å². The highest BCUT2D eigenvalue weighted by Gasteiger charge is 2.13. The second-order valence-electron chi connectivity index (χ2n) is 2.51. The van der Waals surface area contributed by atoms with E-state index in [0.29, 0.717) is 0 Å². The molecule has 3 nitrogen and oxygen atoms in total. The van der Waals surface area contributed by atoms with Crippen LogP contribution in [0.2, 0.25) is 5.02 Å². The quantitative estimate of drug-likeness (QED) is 0.776. The van der Waals surface area contributed by atoms with Crippen molar-refractivity contribution in [2.75, 3.05) is 6.61 Å². The Kier molecular flexibility index (Phi) is 3.30. The van der Waals surface area contributed by atoms with Crippen molar-refractivity contribution < 1.29 is 19.0 Å². The normalized spacial score (nSPS) is 9.93. The van der Waals surface area contributed by atoms with Gasteiger partial charge in [-0.25, -0.2) is 9.18 Å². The Labute approximate surface area is 85.1 Å². The third-order valence-corrected chi connectivity index (χ3v) is 1.89. The molecule has 0 heterocycles. The fourth-order valence-electron chi connectivity index (χ4n) is 0.907. The first-order valence-corrected chi connectivity index (χ1v) is 4.29. The van der Waals surface area contributed by atoms with Gasteiger partial charge in [-0.1, -0.05) is 11.6 Å². The second kappa shape index (κ2) is 4.28. The molecule has 1 aromatic carbocycles. The van der Waals surface area contributed by atoms with E-state index in [-0.39, 0.29) is 12.2 Å². The minimum absolute atomic E-state index is 0.0637. The van der Waals surface area contributed by atoms with Crippen molar-refractivity contribution in [2.45, 2.75) is 6.92 Å². The highest BCUT2D eigenvalue weighted by molar-refractivity contribution is 6.32. The van der Waals surface area contributed by atoms with Crippen molar-refractivity contribution in [3.8, 4) is 5.75 Å². The lowest BCUT2D eigenvalue weighted by atomic mass is 10.2. The first-order valence-electron chi connectivity index (χ1n) is 3.91. The zero-order valence-electron chi connectivity index (χ0n) is 7.38. The van der Waals surface area contributed by atoms with Crippen LogP contribution in [0.1, 0.15) is 17.3 Å². The topological polar surface area (TPSA) is 46.5 Å². The Morgan fingerprint density at radius 2 is 2.29 bits per heavy atom. The summed E-state index contributed by atoms with van der Waals surface area (Å²) < 4.78 is 17.6. The fourth-order valence-corrected chi connectivity index (χ4v) is 1.02. The molecule has 0 saturated heterocycles. The zero-order valence-corrected chi connectivity index (χ0v) is 8.14. The van der Waals surface area contributed by atoms with Gasteiger partial charge in [0.25, 0.3) is 0 Å². The van der Waals surface area contributed by atoms with Gasteiger partial charge in [-0.05, 0) is 19.1 Å². The third kappa shape index (κ3) is 2.14. The van der Waals surface area contributed by atoms with Gasteiger partial charge >= 0.3 is 5.97 Å². The predicted octanol–water partition coefficient (Wildman–Crippen LogP) is 2.36. The van der Waals surface area contributed by atoms with E-state index in [2.05, 4.69) is 4.74 Å². The maximum Gasteiger partial charge on any atom is 0.338 e. The number of phenolic OH excluding ortho intramolecular Hbond substituents is 1. The van der Waals surface area contributed by atoms with E-state index in [0.717, 1.165) is 12.1 Å². The largest absolute Gasteiger partial charge is 0.506 e. The van der Waals surface area contributed by atoms with Crippen LogP contribution >= 0.6 is 11.6 Å². The summed E-state index contributed by atoms with van der Waals surface area (Å²) >= 11 is 5.35. The SMILES string of the molecule is CCOC(=O)c1cc(O)c(Cl)c(F)c1. The summed E-state index contributed by atoms with van der Waals surface area (Å²) in [5, 5.41) is 8.71. The summed E-state index contributed by atoms with van der Waals surface area (Å²) in [6, 6.07) is 1.98. The molecule has 0 spiro atoms. The van der Waals surface area contributed by atoms with Gasteiger partial charge in [0.1, 0.15) is 16.6 Å². The van der Waals surface area contributed by atoms with Crippen LogP contribution in [0, 0.1) is 5.82 Å². The van der Waals surface area contributed by atoms with Crippen molar-refractivity contribution in [3.05, 3.63) is 28.5 Å². The van der Waals surface area contributed by atoms with Gasteiger partial charge < -0.3 is 9.84 Å². The van der Waals surface area contributed by atoms with Crippen LogP contribution in [-0.2, 0) is 4.74 Å². The number of hydrogen-bond donors (Lipinski definition) is 1. The maximum absolute atomic E-state index is 12.9. The number of carbonyl (C=O) groups is 1. The van der Waals surface area contributed by atoms with E-state index < -0.39 is 22.6 Å². The Hall–Kier alpha value is -1.29. The molecule has 0 unspecified atom stereocenters. The van der Waals surface area contributed by atoms with E-state index in [4.69, 9.17) is 16.7 Å². The van der Waals surface area contributed by atoms with Crippen molar-refractivity contribution in [2.24, 2.45) is 0 Å². The van der Waals surface area contributed by atoms with Gasteiger partial charge in [-0.15, -0.1) is 0 Å². The highest BCUT2D eigenvalue weighted by atomic mass is 35.5. The minimum Gasteiger partial charge on any atom is -0.506 e. The first kappa shape index (κ1) is 10.8. The lowest BCUT2D eigenvalue weighted by Crippen LogP contribution is -2.04. The number of hydrogen-bond acceptors (Lipinski definition) is 3. The highest BCUT2D eigenvalue weighted by Crippen LogP contribution is 2.27.